The molecule has 0 saturated carbocycles. The molecule has 0 unspecified atom stereocenters. The maximum absolute atomic E-state index is 12.1. The summed E-state index contributed by atoms with van der Waals surface area (Å²) in [5.74, 6) is 0.808. The Labute approximate surface area is 123 Å². The van der Waals surface area contributed by atoms with Crippen LogP contribution in [0.3, 0.4) is 0 Å². The summed E-state index contributed by atoms with van der Waals surface area (Å²) in [6.45, 7) is 6.99. The van der Waals surface area contributed by atoms with Crippen LogP contribution in [0.5, 0.6) is 0 Å². The van der Waals surface area contributed by atoms with Crippen LogP contribution in [-0.4, -0.2) is 22.6 Å². The van der Waals surface area contributed by atoms with Crippen LogP contribution < -0.4 is 10.6 Å². The Morgan fingerprint density at radius 2 is 2.14 bits per heavy atom. The second-order valence-electron chi connectivity index (χ2n) is 4.87. The topological polar surface area (TPSA) is 80.0 Å². The lowest BCUT2D eigenvalue weighted by Gasteiger charge is -2.10. The fourth-order valence-corrected chi connectivity index (χ4v) is 1.94. The van der Waals surface area contributed by atoms with Gasteiger partial charge in [0.25, 0.3) is 5.91 Å². The number of benzene rings is 1. The highest BCUT2D eigenvalue weighted by Crippen LogP contribution is 2.16. The molecule has 6 nitrogen and oxygen atoms in total. The van der Waals surface area contributed by atoms with Gasteiger partial charge < -0.3 is 15.2 Å². The van der Waals surface area contributed by atoms with E-state index in [0.717, 1.165) is 24.2 Å². The smallest absolute Gasteiger partial charge is 0.251 e. The second kappa shape index (κ2) is 6.88. The van der Waals surface area contributed by atoms with Gasteiger partial charge in [-0.2, -0.15) is 4.98 Å². The van der Waals surface area contributed by atoms with E-state index in [-0.39, 0.29) is 12.5 Å². The standard InChI is InChI=1S/C15H20N4O2/c1-4-7-16-13-6-5-12(8-10(13)2)15(20)17-9-14-18-11(3)21-19-14/h5-6,8,16H,4,7,9H2,1-3H3,(H,17,20). The van der Waals surface area contributed by atoms with E-state index < -0.39 is 0 Å². The zero-order valence-corrected chi connectivity index (χ0v) is 12.6. The third-order valence-corrected chi connectivity index (χ3v) is 3.03. The number of nitrogens with one attached hydrogen (secondary N) is 2. The third-order valence-electron chi connectivity index (χ3n) is 3.03. The van der Waals surface area contributed by atoms with E-state index in [1.54, 1.807) is 6.92 Å². The van der Waals surface area contributed by atoms with Crippen molar-refractivity contribution in [2.75, 3.05) is 11.9 Å². The molecule has 1 aromatic heterocycles. The van der Waals surface area contributed by atoms with Crippen molar-refractivity contribution in [3.05, 3.63) is 41.0 Å². The van der Waals surface area contributed by atoms with Crippen molar-refractivity contribution in [1.29, 1.82) is 0 Å². The molecule has 1 amide bonds. The molecule has 0 saturated heterocycles. The van der Waals surface area contributed by atoms with Crippen molar-refractivity contribution in [3.8, 4) is 0 Å². The van der Waals surface area contributed by atoms with Crippen LogP contribution in [0.2, 0.25) is 0 Å². The van der Waals surface area contributed by atoms with Crippen molar-refractivity contribution in [2.24, 2.45) is 0 Å². The average Bonchev–Trinajstić information content (AvgIpc) is 2.89. The van der Waals surface area contributed by atoms with Crippen LogP contribution in [0, 0.1) is 13.8 Å². The fraction of sp³-hybridized carbons (Fsp3) is 0.400. The van der Waals surface area contributed by atoms with Gasteiger partial charge in [-0.3, -0.25) is 4.79 Å². The summed E-state index contributed by atoms with van der Waals surface area (Å²) >= 11 is 0. The minimum absolute atomic E-state index is 0.150. The molecule has 21 heavy (non-hydrogen) atoms. The monoisotopic (exact) mass is 288 g/mol. The van der Waals surface area contributed by atoms with Gasteiger partial charge in [-0.05, 0) is 37.1 Å². The molecule has 2 rings (SSSR count). The number of nitrogens with zero attached hydrogens (tertiary/aromatic N) is 2. The lowest BCUT2D eigenvalue weighted by Crippen LogP contribution is -2.23. The number of carbonyl (C=O) groups is 1. The summed E-state index contributed by atoms with van der Waals surface area (Å²) in [6.07, 6.45) is 1.06. The molecule has 0 radical (unpaired) electrons. The first kappa shape index (κ1) is 15.0. The number of hydrogen-bond acceptors (Lipinski definition) is 5. The molecular formula is C15H20N4O2. The SMILES string of the molecule is CCCNc1ccc(C(=O)NCc2noc(C)n2)cc1C. The van der Waals surface area contributed by atoms with Gasteiger partial charge in [0.2, 0.25) is 5.89 Å². The third kappa shape index (κ3) is 4.05. The number of anilines is 1. The minimum Gasteiger partial charge on any atom is -0.385 e. The van der Waals surface area contributed by atoms with Gasteiger partial charge in [0.15, 0.2) is 5.82 Å². The van der Waals surface area contributed by atoms with Gasteiger partial charge in [0, 0.05) is 24.7 Å². The second-order valence-corrected chi connectivity index (χ2v) is 4.87. The predicted molar refractivity (Wildman–Crippen MR) is 80.2 cm³/mol. The van der Waals surface area contributed by atoms with Gasteiger partial charge >= 0.3 is 0 Å². The maximum atomic E-state index is 12.1. The lowest BCUT2D eigenvalue weighted by molar-refractivity contribution is 0.0949. The number of aromatic nitrogens is 2. The predicted octanol–water partition coefficient (Wildman–Crippen LogP) is 2.44. The highest BCUT2D eigenvalue weighted by atomic mass is 16.5. The van der Waals surface area contributed by atoms with Crippen molar-refractivity contribution in [1.82, 2.24) is 15.5 Å². The van der Waals surface area contributed by atoms with E-state index in [4.69, 9.17) is 4.52 Å². The van der Waals surface area contributed by atoms with Gasteiger partial charge in [-0.15, -0.1) is 0 Å². The van der Waals surface area contributed by atoms with Crippen molar-refractivity contribution >= 4 is 11.6 Å². The van der Waals surface area contributed by atoms with E-state index in [0.29, 0.717) is 17.3 Å². The molecule has 0 spiro atoms. The number of rotatable bonds is 6. The molecule has 6 heteroatoms. The Balaban J connectivity index is 1.97. The van der Waals surface area contributed by atoms with E-state index in [1.165, 1.54) is 0 Å². The molecule has 0 bridgehead atoms. The molecule has 2 aromatic rings. The first-order valence-electron chi connectivity index (χ1n) is 7.02. The molecule has 2 N–H and O–H groups in total. The Hall–Kier alpha value is -2.37. The Kier molecular flexibility index (Phi) is 4.92. The van der Waals surface area contributed by atoms with Gasteiger partial charge in [0.1, 0.15) is 0 Å². The molecule has 1 heterocycles. The number of carbonyl (C=O) groups excluding carboxylic acids is 1. The van der Waals surface area contributed by atoms with Crippen molar-refractivity contribution in [3.63, 3.8) is 0 Å². The lowest BCUT2D eigenvalue weighted by atomic mass is 10.1. The molecule has 0 aliphatic rings. The van der Waals surface area contributed by atoms with Crippen LogP contribution in [-0.2, 0) is 6.54 Å². The highest BCUT2D eigenvalue weighted by molar-refractivity contribution is 5.94. The summed E-state index contributed by atoms with van der Waals surface area (Å²) in [6, 6.07) is 5.61. The normalized spacial score (nSPS) is 10.4. The summed E-state index contributed by atoms with van der Waals surface area (Å²) in [5, 5.41) is 9.84. The van der Waals surface area contributed by atoms with E-state index >= 15 is 0 Å². The first-order valence-corrected chi connectivity index (χ1v) is 7.02. The van der Waals surface area contributed by atoms with Crippen LogP contribution in [0.1, 0.15) is 41.0 Å². The summed E-state index contributed by atoms with van der Waals surface area (Å²) < 4.78 is 4.85. The van der Waals surface area contributed by atoms with E-state index in [9.17, 15) is 4.79 Å². The van der Waals surface area contributed by atoms with E-state index in [1.807, 2.05) is 25.1 Å². The highest BCUT2D eigenvalue weighted by Gasteiger charge is 2.09. The van der Waals surface area contributed by atoms with Crippen LogP contribution >= 0.6 is 0 Å². The molecule has 1 aromatic carbocycles. The summed E-state index contributed by atoms with van der Waals surface area (Å²) in [5.41, 5.74) is 2.73. The van der Waals surface area contributed by atoms with E-state index in [2.05, 4.69) is 27.7 Å². The Bertz CT molecular complexity index is 622. The summed E-state index contributed by atoms with van der Waals surface area (Å²) in [4.78, 5) is 16.1. The zero-order valence-electron chi connectivity index (χ0n) is 12.6. The molecule has 0 aliphatic heterocycles. The molecule has 0 aliphatic carbocycles. The first-order chi connectivity index (χ1) is 10.1. The molecular weight excluding hydrogens is 268 g/mol. The van der Waals surface area contributed by atoms with Gasteiger partial charge in [0.05, 0.1) is 6.54 Å². The van der Waals surface area contributed by atoms with Crippen molar-refractivity contribution < 1.29 is 9.32 Å². The molecule has 0 fully saturated rings. The largest absolute Gasteiger partial charge is 0.385 e. The number of hydrogen-bond donors (Lipinski definition) is 2. The number of aryl methyl sites for hydroxylation is 2. The van der Waals surface area contributed by atoms with Crippen LogP contribution in [0.25, 0.3) is 0 Å². The zero-order chi connectivity index (χ0) is 15.2. The summed E-state index contributed by atoms with van der Waals surface area (Å²) in [7, 11) is 0. The molecule has 112 valence electrons. The van der Waals surface area contributed by atoms with Crippen LogP contribution in [0.4, 0.5) is 5.69 Å². The van der Waals surface area contributed by atoms with Crippen molar-refractivity contribution in [2.45, 2.75) is 33.7 Å². The van der Waals surface area contributed by atoms with Gasteiger partial charge in [-0.1, -0.05) is 12.1 Å². The van der Waals surface area contributed by atoms with Crippen LogP contribution in [0.15, 0.2) is 22.7 Å². The fourth-order valence-electron chi connectivity index (χ4n) is 1.94. The minimum atomic E-state index is -0.150. The molecule has 0 atom stereocenters. The average molecular weight is 288 g/mol. The maximum Gasteiger partial charge on any atom is 0.251 e. The quantitative estimate of drug-likeness (QED) is 0.853. The Morgan fingerprint density at radius 3 is 2.76 bits per heavy atom. The number of amides is 1. The Morgan fingerprint density at radius 1 is 1.33 bits per heavy atom. The van der Waals surface area contributed by atoms with Gasteiger partial charge in [-0.25, -0.2) is 0 Å².